The Morgan fingerprint density at radius 3 is 2.89 bits per heavy atom. The molecule has 2 heterocycles. The Labute approximate surface area is 119 Å². The van der Waals surface area contributed by atoms with Crippen molar-refractivity contribution in [1.29, 1.82) is 0 Å². The van der Waals surface area contributed by atoms with Crippen molar-refractivity contribution in [3.8, 4) is 0 Å². The molecule has 3 rings (SSSR count). The molecule has 1 aliphatic rings. The highest BCUT2D eigenvalue weighted by Crippen LogP contribution is 2.40. The van der Waals surface area contributed by atoms with E-state index in [4.69, 9.17) is 0 Å². The monoisotopic (exact) mass is 293 g/mol. The van der Waals surface area contributed by atoms with Gasteiger partial charge in [-0.15, -0.1) is 22.7 Å². The van der Waals surface area contributed by atoms with Gasteiger partial charge in [-0.1, -0.05) is 6.92 Å². The fraction of sp³-hybridized carbons (Fsp3) is 0.462. The summed E-state index contributed by atoms with van der Waals surface area (Å²) < 4.78 is 0. The third kappa shape index (κ3) is 2.69. The Hall–Kier alpha value is -1.27. The molecule has 6 heteroatoms. The van der Waals surface area contributed by atoms with Crippen LogP contribution in [0.1, 0.15) is 51.8 Å². The summed E-state index contributed by atoms with van der Waals surface area (Å²) in [6, 6.07) is 0. The van der Waals surface area contributed by atoms with Gasteiger partial charge in [0, 0.05) is 11.3 Å². The highest BCUT2D eigenvalue weighted by molar-refractivity contribution is 7.15. The molecule has 100 valence electrons. The number of nitrogens with one attached hydrogen (secondary N) is 1. The number of thiazole rings is 2. The van der Waals surface area contributed by atoms with Crippen LogP contribution in [0.25, 0.3) is 0 Å². The third-order valence-corrected chi connectivity index (χ3v) is 5.16. The zero-order chi connectivity index (χ0) is 13.4. The van der Waals surface area contributed by atoms with Gasteiger partial charge in [0.25, 0.3) is 5.91 Å². The van der Waals surface area contributed by atoms with Crippen LogP contribution in [-0.4, -0.2) is 15.9 Å². The highest BCUT2D eigenvalue weighted by Gasteiger charge is 2.26. The van der Waals surface area contributed by atoms with Crippen molar-refractivity contribution in [3.05, 3.63) is 26.7 Å². The number of aryl methyl sites for hydroxylation is 2. The lowest BCUT2D eigenvalue weighted by atomic mass is 10.3. The maximum Gasteiger partial charge on any atom is 0.269 e. The molecular weight excluding hydrogens is 278 g/mol. The van der Waals surface area contributed by atoms with Crippen molar-refractivity contribution in [2.75, 3.05) is 5.32 Å². The SMILES string of the molecule is CCc1nc(C)c(C(=O)Nc2nc(C3CC3)cs2)s1. The van der Waals surface area contributed by atoms with Crippen LogP contribution < -0.4 is 5.32 Å². The molecule has 1 N–H and O–H groups in total. The molecule has 1 saturated carbocycles. The summed E-state index contributed by atoms with van der Waals surface area (Å²) in [5.41, 5.74) is 1.92. The minimum Gasteiger partial charge on any atom is -0.297 e. The maximum absolute atomic E-state index is 12.2. The molecule has 2 aromatic rings. The molecule has 0 unspecified atom stereocenters. The first-order chi connectivity index (χ1) is 9.17. The Balaban J connectivity index is 1.73. The number of hydrogen-bond acceptors (Lipinski definition) is 5. The fourth-order valence-electron chi connectivity index (χ4n) is 1.88. The molecule has 0 aromatic carbocycles. The van der Waals surface area contributed by atoms with Gasteiger partial charge < -0.3 is 0 Å². The number of anilines is 1. The molecule has 0 saturated heterocycles. The first kappa shape index (κ1) is 12.7. The summed E-state index contributed by atoms with van der Waals surface area (Å²) >= 11 is 2.97. The lowest BCUT2D eigenvalue weighted by Gasteiger charge is -1.99. The number of amides is 1. The molecule has 1 fully saturated rings. The largest absolute Gasteiger partial charge is 0.297 e. The molecule has 0 radical (unpaired) electrons. The number of carbonyl (C=O) groups excluding carboxylic acids is 1. The van der Waals surface area contributed by atoms with Crippen LogP contribution in [0.3, 0.4) is 0 Å². The van der Waals surface area contributed by atoms with E-state index in [1.807, 2.05) is 19.2 Å². The first-order valence-corrected chi connectivity index (χ1v) is 8.10. The Bertz CT molecular complexity index is 613. The number of rotatable bonds is 4. The van der Waals surface area contributed by atoms with E-state index in [-0.39, 0.29) is 5.91 Å². The van der Waals surface area contributed by atoms with E-state index in [2.05, 4.69) is 15.3 Å². The van der Waals surface area contributed by atoms with Gasteiger partial charge in [-0.2, -0.15) is 0 Å². The minimum atomic E-state index is -0.0913. The van der Waals surface area contributed by atoms with Crippen molar-refractivity contribution < 1.29 is 4.79 Å². The molecular formula is C13H15N3OS2. The summed E-state index contributed by atoms with van der Waals surface area (Å²) in [6.07, 6.45) is 3.32. The van der Waals surface area contributed by atoms with Gasteiger partial charge >= 0.3 is 0 Å². The van der Waals surface area contributed by atoms with Gasteiger partial charge in [-0.05, 0) is 26.2 Å². The topological polar surface area (TPSA) is 54.9 Å². The highest BCUT2D eigenvalue weighted by atomic mass is 32.1. The second-order valence-corrected chi connectivity index (χ2v) is 6.62. The van der Waals surface area contributed by atoms with Crippen LogP contribution >= 0.6 is 22.7 Å². The molecule has 0 spiro atoms. The number of carbonyl (C=O) groups is 1. The smallest absolute Gasteiger partial charge is 0.269 e. The Morgan fingerprint density at radius 2 is 2.26 bits per heavy atom. The van der Waals surface area contributed by atoms with Crippen molar-refractivity contribution in [3.63, 3.8) is 0 Å². The average molecular weight is 293 g/mol. The minimum absolute atomic E-state index is 0.0913. The molecule has 4 nitrogen and oxygen atoms in total. The molecule has 0 atom stereocenters. The van der Waals surface area contributed by atoms with E-state index in [0.717, 1.165) is 22.8 Å². The molecule has 19 heavy (non-hydrogen) atoms. The van der Waals surface area contributed by atoms with E-state index in [0.29, 0.717) is 15.9 Å². The summed E-state index contributed by atoms with van der Waals surface area (Å²) in [5.74, 6) is 0.533. The molecule has 0 bridgehead atoms. The van der Waals surface area contributed by atoms with E-state index >= 15 is 0 Å². The maximum atomic E-state index is 12.2. The second kappa shape index (κ2) is 5.02. The van der Waals surface area contributed by atoms with Crippen LogP contribution in [0.2, 0.25) is 0 Å². The summed E-state index contributed by atoms with van der Waals surface area (Å²) in [6.45, 7) is 3.92. The molecule has 2 aromatic heterocycles. The van der Waals surface area contributed by atoms with Gasteiger partial charge in [0.05, 0.1) is 16.4 Å². The Kier molecular flexibility index (Phi) is 3.36. The van der Waals surface area contributed by atoms with E-state index in [1.165, 1.54) is 35.5 Å². The number of hydrogen-bond donors (Lipinski definition) is 1. The zero-order valence-electron chi connectivity index (χ0n) is 10.9. The zero-order valence-corrected chi connectivity index (χ0v) is 12.5. The van der Waals surface area contributed by atoms with Crippen molar-refractivity contribution in [2.24, 2.45) is 0 Å². The number of nitrogens with zero attached hydrogens (tertiary/aromatic N) is 2. The predicted octanol–water partition coefficient (Wildman–Crippen LogP) is 3.60. The number of aromatic nitrogens is 2. The normalized spacial score (nSPS) is 14.6. The van der Waals surface area contributed by atoms with Gasteiger partial charge in [0.15, 0.2) is 5.13 Å². The summed E-state index contributed by atoms with van der Waals surface area (Å²) in [4.78, 5) is 21.7. The molecule has 1 amide bonds. The summed E-state index contributed by atoms with van der Waals surface area (Å²) in [7, 11) is 0. The van der Waals surface area contributed by atoms with Gasteiger partial charge in [0.1, 0.15) is 4.88 Å². The predicted molar refractivity (Wildman–Crippen MR) is 78.3 cm³/mol. The second-order valence-electron chi connectivity index (χ2n) is 4.68. The van der Waals surface area contributed by atoms with Gasteiger partial charge in [-0.3, -0.25) is 10.1 Å². The van der Waals surface area contributed by atoms with Crippen LogP contribution in [0.5, 0.6) is 0 Å². The van der Waals surface area contributed by atoms with Crippen LogP contribution in [-0.2, 0) is 6.42 Å². The van der Waals surface area contributed by atoms with Crippen LogP contribution in [0.4, 0.5) is 5.13 Å². The molecule has 0 aliphatic heterocycles. The van der Waals surface area contributed by atoms with Crippen LogP contribution in [0, 0.1) is 6.92 Å². The fourth-order valence-corrected chi connectivity index (χ4v) is 3.57. The van der Waals surface area contributed by atoms with Crippen molar-refractivity contribution in [2.45, 2.75) is 39.0 Å². The first-order valence-electron chi connectivity index (χ1n) is 6.40. The van der Waals surface area contributed by atoms with Crippen LogP contribution in [0.15, 0.2) is 5.38 Å². The van der Waals surface area contributed by atoms with E-state index < -0.39 is 0 Å². The lowest BCUT2D eigenvalue weighted by molar-refractivity contribution is 0.103. The third-order valence-electron chi connectivity index (χ3n) is 3.09. The standard InChI is InChI=1S/C13H15N3OS2/c1-3-10-14-7(2)11(19-10)12(17)16-13-15-9(6-18-13)8-4-5-8/h6,8H,3-5H2,1-2H3,(H,15,16,17). The van der Waals surface area contributed by atoms with E-state index in [9.17, 15) is 4.79 Å². The van der Waals surface area contributed by atoms with E-state index in [1.54, 1.807) is 0 Å². The lowest BCUT2D eigenvalue weighted by Crippen LogP contribution is -2.11. The van der Waals surface area contributed by atoms with Gasteiger partial charge in [0.2, 0.25) is 0 Å². The summed E-state index contributed by atoms with van der Waals surface area (Å²) in [5, 5.41) is 6.62. The molecule has 1 aliphatic carbocycles. The van der Waals surface area contributed by atoms with Crippen molar-refractivity contribution >= 4 is 33.7 Å². The van der Waals surface area contributed by atoms with Gasteiger partial charge in [-0.25, -0.2) is 9.97 Å². The van der Waals surface area contributed by atoms with Crippen molar-refractivity contribution in [1.82, 2.24) is 9.97 Å². The average Bonchev–Trinajstić information content (AvgIpc) is 3.02. The quantitative estimate of drug-likeness (QED) is 0.937. The Morgan fingerprint density at radius 1 is 1.47 bits per heavy atom.